The molecule has 3 heteroatoms. The molecule has 0 radical (unpaired) electrons. The fourth-order valence-electron chi connectivity index (χ4n) is 1.08. The zero-order valence-corrected chi connectivity index (χ0v) is 6.29. The van der Waals surface area contributed by atoms with Gasteiger partial charge in [0.1, 0.15) is 12.2 Å². The second-order valence-corrected chi connectivity index (χ2v) is 3.23. The molecule has 0 N–H and O–H groups in total. The summed E-state index contributed by atoms with van der Waals surface area (Å²) < 4.78 is 16.0. The molecule has 2 aliphatic heterocycles. The van der Waals surface area contributed by atoms with Crippen LogP contribution in [0.5, 0.6) is 0 Å². The highest BCUT2D eigenvalue weighted by molar-refractivity contribution is 4.87. The predicted molar refractivity (Wildman–Crippen MR) is 34.6 cm³/mol. The molecule has 2 fully saturated rings. The number of hydrogen-bond acceptors (Lipinski definition) is 3. The molecule has 0 spiro atoms. The molecule has 2 heterocycles. The molecule has 0 aliphatic carbocycles. The molecular weight excluding hydrogens is 132 g/mol. The van der Waals surface area contributed by atoms with Gasteiger partial charge in [-0.25, -0.2) is 0 Å². The Morgan fingerprint density at radius 3 is 2.10 bits per heavy atom. The van der Waals surface area contributed by atoms with Crippen molar-refractivity contribution < 1.29 is 14.2 Å². The van der Waals surface area contributed by atoms with E-state index < -0.39 is 5.79 Å². The molecule has 0 bridgehead atoms. The topological polar surface area (TPSA) is 31.0 Å². The fourth-order valence-corrected chi connectivity index (χ4v) is 1.08. The van der Waals surface area contributed by atoms with E-state index in [0.717, 1.165) is 0 Å². The average molecular weight is 144 g/mol. The first-order valence-corrected chi connectivity index (χ1v) is 3.61. The second kappa shape index (κ2) is 1.94. The van der Waals surface area contributed by atoms with E-state index in [1.807, 2.05) is 13.8 Å². The van der Waals surface area contributed by atoms with E-state index in [4.69, 9.17) is 14.2 Å². The van der Waals surface area contributed by atoms with Crippen LogP contribution in [0.1, 0.15) is 13.8 Å². The Bertz CT molecular complexity index is 130. The SMILES string of the molecule is CC1(C)OC[C@H]2O[C@@H]2CO1. The van der Waals surface area contributed by atoms with Crippen molar-refractivity contribution in [1.29, 1.82) is 0 Å². The van der Waals surface area contributed by atoms with Crippen LogP contribution in [-0.4, -0.2) is 31.2 Å². The first kappa shape index (κ1) is 6.58. The molecule has 0 amide bonds. The summed E-state index contributed by atoms with van der Waals surface area (Å²) in [5.41, 5.74) is 0. The summed E-state index contributed by atoms with van der Waals surface area (Å²) >= 11 is 0. The normalized spacial score (nSPS) is 43.8. The van der Waals surface area contributed by atoms with Crippen molar-refractivity contribution in [1.82, 2.24) is 0 Å². The third-order valence-corrected chi connectivity index (χ3v) is 1.88. The highest BCUT2D eigenvalue weighted by Gasteiger charge is 2.44. The third kappa shape index (κ3) is 1.17. The molecule has 58 valence electrons. The molecule has 0 aromatic rings. The van der Waals surface area contributed by atoms with Crippen LogP contribution in [-0.2, 0) is 14.2 Å². The van der Waals surface area contributed by atoms with Crippen LogP contribution in [0.25, 0.3) is 0 Å². The van der Waals surface area contributed by atoms with Gasteiger partial charge in [0.05, 0.1) is 13.2 Å². The van der Waals surface area contributed by atoms with Gasteiger partial charge in [-0.3, -0.25) is 0 Å². The molecule has 2 rings (SSSR count). The van der Waals surface area contributed by atoms with Crippen LogP contribution in [0.4, 0.5) is 0 Å². The summed E-state index contributed by atoms with van der Waals surface area (Å²) in [6, 6.07) is 0. The van der Waals surface area contributed by atoms with Crippen molar-refractivity contribution in [2.45, 2.75) is 31.8 Å². The Kier molecular flexibility index (Phi) is 1.27. The van der Waals surface area contributed by atoms with Gasteiger partial charge in [-0.1, -0.05) is 0 Å². The van der Waals surface area contributed by atoms with Crippen LogP contribution in [0.3, 0.4) is 0 Å². The summed E-state index contributed by atoms with van der Waals surface area (Å²) in [7, 11) is 0. The monoisotopic (exact) mass is 144 g/mol. The van der Waals surface area contributed by atoms with E-state index in [1.165, 1.54) is 0 Å². The number of rotatable bonds is 0. The Hall–Kier alpha value is -0.120. The maximum atomic E-state index is 5.40. The summed E-state index contributed by atoms with van der Waals surface area (Å²) in [6.07, 6.45) is 0.614. The van der Waals surface area contributed by atoms with Crippen LogP contribution in [0.15, 0.2) is 0 Å². The van der Waals surface area contributed by atoms with Crippen LogP contribution < -0.4 is 0 Å². The predicted octanol–water partition coefficient (Wildman–Crippen LogP) is 0.537. The molecule has 0 aromatic carbocycles. The first-order valence-electron chi connectivity index (χ1n) is 3.61. The highest BCUT2D eigenvalue weighted by atomic mass is 16.7. The van der Waals surface area contributed by atoms with Gasteiger partial charge in [-0.15, -0.1) is 0 Å². The van der Waals surface area contributed by atoms with Crippen molar-refractivity contribution >= 4 is 0 Å². The van der Waals surface area contributed by atoms with E-state index in [9.17, 15) is 0 Å². The molecule has 0 aromatic heterocycles. The molecule has 0 unspecified atom stereocenters. The summed E-state index contributed by atoms with van der Waals surface area (Å²) in [5.74, 6) is -0.406. The average Bonchev–Trinajstić information content (AvgIpc) is 2.56. The second-order valence-electron chi connectivity index (χ2n) is 3.23. The van der Waals surface area contributed by atoms with Gasteiger partial charge in [-0.2, -0.15) is 0 Å². The Morgan fingerprint density at radius 2 is 1.60 bits per heavy atom. The zero-order valence-electron chi connectivity index (χ0n) is 6.29. The van der Waals surface area contributed by atoms with Crippen molar-refractivity contribution in [3.8, 4) is 0 Å². The van der Waals surface area contributed by atoms with E-state index >= 15 is 0 Å². The van der Waals surface area contributed by atoms with Crippen molar-refractivity contribution in [3.05, 3.63) is 0 Å². The molecular formula is C7H12O3. The van der Waals surface area contributed by atoms with Crippen molar-refractivity contribution in [2.75, 3.05) is 13.2 Å². The van der Waals surface area contributed by atoms with Gasteiger partial charge in [0.25, 0.3) is 0 Å². The molecule has 10 heavy (non-hydrogen) atoms. The minimum absolute atomic E-state index is 0.307. The first-order chi connectivity index (χ1) is 4.67. The van der Waals surface area contributed by atoms with Gasteiger partial charge < -0.3 is 14.2 Å². The minimum Gasteiger partial charge on any atom is -0.365 e. The standard InChI is InChI=1S/C7H12O3/c1-7(2)8-3-5-6(10-5)4-9-7/h5-6H,3-4H2,1-2H3/t5-,6-/m1/s1. The van der Waals surface area contributed by atoms with E-state index in [-0.39, 0.29) is 0 Å². The molecule has 2 atom stereocenters. The summed E-state index contributed by atoms with van der Waals surface area (Å²) in [5, 5.41) is 0. The Balaban J connectivity index is 1.96. The molecule has 2 saturated heterocycles. The Labute approximate surface area is 60.3 Å². The van der Waals surface area contributed by atoms with Crippen LogP contribution >= 0.6 is 0 Å². The largest absolute Gasteiger partial charge is 0.365 e. The highest BCUT2D eigenvalue weighted by Crippen LogP contribution is 2.29. The lowest BCUT2D eigenvalue weighted by molar-refractivity contribution is -0.212. The van der Waals surface area contributed by atoms with Gasteiger partial charge in [0, 0.05) is 0 Å². The maximum absolute atomic E-state index is 5.40. The fraction of sp³-hybridized carbons (Fsp3) is 1.00. The lowest BCUT2D eigenvalue weighted by Gasteiger charge is -2.23. The smallest absolute Gasteiger partial charge is 0.163 e. The third-order valence-electron chi connectivity index (χ3n) is 1.88. The van der Waals surface area contributed by atoms with Crippen molar-refractivity contribution in [3.63, 3.8) is 0 Å². The Morgan fingerprint density at radius 1 is 1.10 bits per heavy atom. The van der Waals surface area contributed by atoms with Gasteiger partial charge in [-0.05, 0) is 13.8 Å². The van der Waals surface area contributed by atoms with E-state index in [0.29, 0.717) is 25.4 Å². The number of epoxide rings is 1. The van der Waals surface area contributed by atoms with Gasteiger partial charge in [0.15, 0.2) is 5.79 Å². The maximum Gasteiger partial charge on any atom is 0.163 e. The van der Waals surface area contributed by atoms with Crippen LogP contribution in [0, 0.1) is 0 Å². The number of ether oxygens (including phenoxy) is 3. The summed E-state index contributed by atoms with van der Waals surface area (Å²) in [4.78, 5) is 0. The lowest BCUT2D eigenvalue weighted by atomic mass is 10.3. The number of fused-ring (bicyclic) bond motifs is 1. The number of hydrogen-bond donors (Lipinski definition) is 0. The van der Waals surface area contributed by atoms with Gasteiger partial charge in [0.2, 0.25) is 0 Å². The lowest BCUT2D eigenvalue weighted by Crippen LogP contribution is -2.28. The molecule has 0 saturated carbocycles. The van der Waals surface area contributed by atoms with E-state index in [1.54, 1.807) is 0 Å². The zero-order chi connectivity index (χ0) is 7.19. The quantitative estimate of drug-likeness (QED) is 0.465. The minimum atomic E-state index is -0.406. The summed E-state index contributed by atoms with van der Waals surface area (Å²) in [6.45, 7) is 5.21. The van der Waals surface area contributed by atoms with Crippen LogP contribution in [0.2, 0.25) is 0 Å². The van der Waals surface area contributed by atoms with Crippen molar-refractivity contribution in [2.24, 2.45) is 0 Å². The van der Waals surface area contributed by atoms with E-state index in [2.05, 4.69) is 0 Å². The molecule has 3 nitrogen and oxygen atoms in total. The molecule has 2 aliphatic rings. The van der Waals surface area contributed by atoms with Gasteiger partial charge >= 0.3 is 0 Å².